The SMILES string of the molecule is O=C(c1cc(F)ccc1Br)N1CCN(S(=O)(=O)c2ccc(C(F)(F)F)cc2)CC1. The molecule has 0 aromatic heterocycles. The molecule has 0 radical (unpaired) electrons. The maximum absolute atomic E-state index is 13.4. The lowest BCUT2D eigenvalue weighted by molar-refractivity contribution is -0.137. The summed E-state index contributed by atoms with van der Waals surface area (Å²) in [6, 6.07) is 6.97. The number of piperazine rings is 1. The summed E-state index contributed by atoms with van der Waals surface area (Å²) < 4.78 is 78.3. The lowest BCUT2D eigenvalue weighted by atomic mass is 10.2. The first kappa shape index (κ1) is 21.7. The molecule has 156 valence electrons. The number of hydrogen-bond acceptors (Lipinski definition) is 3. The molecule has 0 atom stereocenters. The maximum atomic E-state index is 13.4. The van der Waals surface area contributed by atoms with Gasteiger partial charge in [0.25, 0.3) is 5.91 Å². The first-order valence-corrected chi connectivity index (χ1v) is 10.7. The zero-order valence-electron chi connectivity index (χ0n) is 14.8. The van der Waals surface area contributed by atoms with Crippen LogP contribution in [0.5, 0.6) is 0 Å². The number of amides is 1. The molecule has 1 heterocycles. The van der Waals surface area contributed by atoms with Crippen molar-refractivity contribution in [3.05, 3.63) is 63.9 Å². The molecule has 0 N–H and O–H groups in total. The van der Waals surface area contributed by atoms with Gasteiger partial charge in [0.05, 0.1) is 16.0 Å². The van der Waals surface area contributed by atoms with E-state index in [2.05, 4.69) is 15.9 Å². The van der Waals surface area contributed by atoms with Crippen LogP contribution in [0.2, 0.25) is 0 Å². The largest absolute Gasteiger partial charge is 0.416 e. The third kappa shape index (κ3) is 4.62. The summed E-state index contributed by atoms with van der Waals surface area (Å²) in [7, 11) is -3.99. The monoisotopic (exact) mass is 494 g/mol. The van der Waals surface area contributed by atoms with Crippen LogP contribution in [0.4, 0.5) is 17.6 Å². The lowest BCUT2D eigenvalue weighted by Gasteiger charge is -2.34. The molecule has 0 bridgehead atoms. The summed E-state index contributed by atoms with van der Waals surface area (Å²) in [4.78, 5) is 13.7. The van der Waals surface area contributed by atoms with Gasteiger partial charge in [-0.05, 0) is 58.4 Å². The molecule has 0 spiro atoms. The second kappa shape index (κ2) is 8.04. The highest BCUT2D eigenvalue weighted by atomic mass is 79.9. The van der Waals surface area contributed by atoms with E-state index in [1.165, 1.54) is 17.0 Å². The Morgan fingerprint density at radius 3 is 2.10 bits per heavy atom. The zero-order valence-corrected chi connectivity index (χ0v) is 17.2. The van der Waals surface area contributed by atoms with Crippen molar-refractivity contribution in [3.63, 3.8) is 0 Å². The first-order valence-electron chi connectivity index (χ1n) is 8.42. The molecule has 2 aromatic carbocycles. The van der Waals surface area contributed by atoms with Crippen molar-refractivity contribution in [2.24, 2.45) is 0 Å². The first-order chi connectivity index (χ1) is 13.5. The van der Waals surface area contributed by atoms with Crippen LogP contribution < -0.4 is 0 Å². The Kier molecular flexibility index (Phi) is 6.02. The minimum absolute atomic E-state index is 0.0258. The highest BCUT2D eigenvalue weighted by molar-refractivity contribution is 9.10. The molecule has 1 saturated heterocycles. The van der Waals surface area contributed by atoms with E-state index in [9.17, 15) is 30.8 Å². The molecule has 1 amide bonds. The van der Waals surface area contributed by atoms with E-state index in [0.717, 1.165) is 22.5 Å². The third-order valence-electron chi connectivity index (χ3n) is 4.50. The molecule has 0 aliphatic carbocycles. The van der Waals surface area contributed by atoms with Crippen LogP contribution in [0.1, 0.15) is 15.9 Å². The van der Waals surface area contributed by atoms with Crippen molar-refractivity contribution >= 4 is 31.9 Å². The maximum Gasteiger partial charge on any atom is 0.416 e. The van der Waals surface area contributed by atoms with E-state index in [1.54, 1.807) is 0 Å². The fourth-order valence-corrected chi connectivity index (χ4v) is 4.77. The molecular formula is C18H15BrF4N2O3S. The molecule has 2 aromatic rings. The smallest absolute Gasteiger partial charge is 0.336 e. The molecule has 11 heteroatoms. The van der Waals surface area contributed by atoms with E-state index < -0.39 is 33.5 Å². The summed E-state index contributed by atoms with van der Waals surface area (Å²) in [6.45, 7) is 0.0906. The van der Waals surface area contributed by atoms with Crippen LogP contribution in [0.15, 0.2) is 51.8 Å². The Morgan fingerprint density at radius 2 is 1.55 bits per heavy atom. The van der Waals surface area contributed by atoms with Crippen LogP contribution in [0.3, 0.4) is 0 Å². The number of rotatable bonds is 3. The molecule has 29 heavy (non-hydrogen) atoms. The fourth-order valence-electron chi connectivity index (χ4n) is 2.93. The number of alkyl halides is 3. The lowest BCUT2D eigenvalue weighted by Crippen LogP contribution is -2.50. The molecule has 1 aliphatic heterocycles. The predicted molar refractivity (Wildman–Crippen MR) is 100 cm³/mol. The molecule has 5 nitrogen and oxygen atoms in total. The summed E-state index contributed by atoms with van der Waals surface area (Å²) in [6.07, 6.45) is -4.56. The number of hydrogen-bond donors (Lipinski definition) is 0. The normalized spacial score (nSPS) is 16.1. The molecular weight excluding hydrogens is 480 g/mol. The summed E-state index contributed by atoms with van der Waals surface area (Å²) in [5.74, 6) is -1.01. The van der Waals surface area contributed by atoms with Gasteiger partial charge in [-0.15, -0.1) is 0 Å². The highest BCUT2D eigenvalue weighted by Crippen LogP contribution is 2.30. The van der Waals surface area contributed by atoms with Gasteiger partial charge in [0.2, 0.25) is 10.0 Å². The van der Waals surface area contributed by atoms with Crippen molar-refractivity contribution in [1.82, 2.24) is 9.21 Å². The Hall–Kier alpha value is -1.98. The number of halogens is 5. The van der Waals surface area contributed by atoms with Crippen LogP contribution in [0.25, 0.3) is 0 Å². The van der Waals surface area contributed by atoms with Crippen LogP contribution in [-0.4, -0.2) is 49.7 Å². The van der Waals surface area contributed by atoms with E-state index in [0.29, 0.717) is 16.6 Å². The van der Waals surface area contributed by atoms with Gasteiger partial charge in [-0.3, -0.25) is 4.79 Å². The molecule has 3 rings (SSSR count). The minimum Gasteiger partial charge on any atom is -0.336 e. The number of carbonyl (C=O) groups excluding carboxylic acids is 1. The second-order valence-corrected chi connectivity index (χ2v) is 9.13. The zero-order chi connectivity index (χ0) is 21.4. The van der Waals surface area contributed by atoms with Gasteiger partial charge in [0.15, 0.2) is 0 Å². The minimum atomic E-state index is -4.56. The standard InChI is InChI=1S/C18H15BrF4N2O3S/c19-16-6-3-13(20)11-15(16)17(26)24-7-9-25(10-8-24)29(27,28)14-4-1-12(2-5-14)18(21,22)23/h1-6,11H,7-10H2. The molecule has 0 saturated carbocycles. The van der Waals surface area contributed by atoms with Crippen LogP contribution >= 0.6 is 15.9 Å². The number of benzene rings is 2. The van der Waals surface area contributed by atoms with Gasteiger partial charge in [-0.2, -0.15) is 17.5 Å². The fraction of sp³-hybridized carbons (Fsp3) is 0.278. The second-order valence-electron chi connectivity index (χ2n) is 6.34. The number of sulfonamides is 1. The summed E-state index contributed by atoms with van der Waals surface area (Å²) in [5.41, 5.74) is -0.809. The van der Waals surface area contributed by atoms with Crippen molar-refractivity contribution < 1.29 is 30.8 Å². The summed E-state index contributed by atoms with van der Waals surface area (Å²) >= 11 is 3.19. The van der Waals surface area contributed by atoms with Gasteiger partial charge < -0.3 is 4.90 Å². The molecule has 1 fully saturated rings. The van der Waals surface area contributed by atoms with Gasteiger partial charge >= 0.3 is 6.18 Å². The van der Waals surface area contributed by atoms with Gasteiger partial charge in [0.1, 0.15) is 5.82 Å². The van der Waals surface area contributed by atoms with Crippen molar-refractivity contribution in [3.8, 4) is 0 Å². The van der Waals surface area contributed by atoms with Crippen molar-refractivity contribution in [2.75, 3.05) is 26.2 Å². The topological polar surface area (TPSA) is 57.7 Å². The van der Waals surface area contributed by atoms with Crippen LogP contribution in [0, 0.1) is 5.82 Å². The summed E-state index contributed by atoms with van der Waals surface area (Å²) in [5, 5.41) is 0. The van der Waals surface area contributed by atoms with Gasteiger partial charge in [0, 0.05) is 30.7 Å². The Morgan fingerprint density at radius 1 is 0.966 bits per heavy atom. The van der Waals surface area contributed by atoms with E-state index >= 15 is 0 Å². The Balaban J connectivity index is 1.71. The Bertz CT molecular complexity index is 1020. The van der Waals surface area contributed by atoms with Crippen molar-refractivity contribution in [1.29, 1.82) is 0 Å². The van der Waals surface area contributed by atoms with E-state index in [1.807, 2.05) is 0 Å². The number of carbonyl (C=O) groups is 1. The molecule has 0 unspecified atom stereocenters. The average Bonchev–Trinajstić information content (AvgIpc) is 2.69. The highest BCUT2D eigenvalue weighted by Gasteiger charge is 2.33. The predicted octanol–water partition coefficient (Wildman–Crippen LogP) is 3.75. The number of nitrogens with zero attached hydrogens (tertiary/aromatic N) is 2. The van der Waals surface area contributed by atoms with Gasteiger partial charge in [-0.1, -0.05) is 0 Å². The van der Waals surface area contributed by atoms with Crippen LogP contribution in [-0.2, 0) is 16.2 Å². The van der Waals surface area contributed by atoms with Crippen molar-refractivity contribution in [2.45, 2.75) is 11.1 Å². The Labute approximate surface area is 173 Å². The van der Waals surface area contributed by atoms with E-state index in [4.69, 9.17) is 0 Å². The average molecular weight is 495 g/mol. The molecule has 1 aliphatic rings. The quantitative estimate of drug-likeness (QED) is 0.610. The van der Waals surface area contributed by atoms with Gasteiger partial charge in [-0.25, -0.2) is 12.8 Å². The third-order valence-corrected chi connectivity index (χ3v) is 7.11. The van der Waals surface area contributed by atoms with E-state index in [-0.39, 0.29) is 36.6 Å².